The standard InChI is InChI=1S/C29H29FN4O5S/c1-18-15-21(9-10-22(18)28(36)33(2)3)31-29-32-25-6-4-5-23(27(25)39-29)19-7-8-20(24(30)16-19)17-26(35)34-11-13-40(37,38)14-12-34/h4-10,15-16H,11-14,17H2,1-3H3,(H,31,32). The molecule has 9 nitrogen and oxygen atoms in total. The molecule has 4 aromatic rings. The van der Waals surface area contributed by atoms with Crippen LogP contribution in [0.15, 0.2) is 59.0 Å². The predicted octanol–water partition coefficient (Wildman–Crippen LogP) is 4.19. The average molecular weight is 565 g/mol. The molecule has 0 saturated carbocycles. The van der Waals surface area contributed by atoms with Gasteiger partial charge >= 0.3 is 0 Å². The highest BCUT2D eigenvalue weighted by atomic mass is 32.2. The van der Waals surface area contributed by atoms with Gasteiger partial charge in [-0.2, -0.15) is 4.98 Å². The number of nitrogens with zero attached hydrogens (tertiary/aromatic N) is 3. The Morgan fingerprint density at radius 1 is 1.07 bits per heavy atom. The van der Waals surface area contributed by atoms with Gasteiger partial charge in [0.2, 0.25) is 5.91 Å². The van der Waals surface area contributed by atoms with Gasteiger partial charge in [0.15, 0.2) is 15.4 Å². The molecule has 1 aliphatic rings. The van der Waals surface area contributed by atoms with Gasteiger partial charge in [0.05, 0.1) is 17.9 Å². The topological polar surface area (TPSA) is 113 Å². The van der Waals surface area contributed by atoms with Crippen molar-refractivity contribution >= 4 is 44.5 Å². The fourth-order valence-corrected chi connectivity index (χ4v) is 5.87. The number of para-hydroxylation sites is 1. The lowest BCUT2D eigenvalue weighted by Gasteiger charge is -2.26. The fraction of sp³-hybridized carbons (Fsp3) is 0.276. The summed E-state index contributed by atoms with van der Waals surface area (Å²) in [6.45, 7) is 2.11. The number of fused-ring (bicyclic) bond motifs is 1. The van der Waals surface area contributed by atoms with Crippen LogP contribution in [0.5, 0.6) is 0 Å². The third-order valence-corrected chi connectivity index (χ3v) is 8.54. The summed E-state index contributed by atoms with van der Waals surface area (Å²) in [5.74, 6) is -1.06. The van der Waals surface area contributed by atoms with E-state index in [4.69, 9.17) is 4.42 Å². The van der Waals surface area contributed by atoms with Crippen LogP contribution < -0.4 is 5.32 Å². The Balaban J connectivity index is 1.35. The van der Waals surface area contributed by atoms with E-state index in [-0.39, 0.29) is 54.4 Å². The Bertz CT molecular complexity index is 1720. The van der Waals surface area contributed by atoms with Crippen molar-refractivity contribution in [2.75, 3.05) is 44.0 Å². The summed E-state index contributed by atoms with van der Waals surface area (Å²) in [5, 5.41) is 3.13. The first-order chi connectivity index (χ1) is 19.0. The highest BCUT2D eigenvalue weighted by Crippen LogP contribution is 2.33. The number of aromatic nitrogens is 1. The van der Waals surface area contributed by atoms with E-state index in [9.17, 15) is 18.0 Å². The monoisotopic (exact) mass is 564 g/mol. The molecule has 1 fully saturated rings. The number of carbonyl (C=O) groups is 2. The van der Waals surface area contributed by atoms with Crippen molar-refractivity contribution in [1.82, 2.24) is 14.8 Å². The number of nitrogens with one attached hydrogen (secondary N) is 1. The van der Waals surface area contributed by atoms with E-state index < -0.39 is 15.7 Å². The van der Waals surface area contributed by atoms with Gasteiger partial charge in [0, 0.05) is 44.0 Å². The minimum Gasteiger partial charge on any atom is -0.423 e. The number of halogens is 1. The molecule has 0 aliphatic carbocycles. The predicted molar refractivity (Wildman–Crippen MR) is 151 cm³/mol. The number of benzene rings is 3. The van der Waals surface area contributed by atoms with Crippen LogP contribution in [-0.4, -0.2) is 73.7 Å². The minimum absolute atomic E-state index is 0.0702. The van der Waals surface area contributed by atoms with Crippen LogP contribution in [0.25, 0.3) is 22.2 Å². The summed E-state index contributed by atoms with van der Waals surface area (Å²) < 4.78 is 44.4. The smallest absolute Gasteiger partial charge is 0.300 e. The number of carbonyl (C=O) groups excluding carboxylic acids is 2. The van der Waals surface area contributed by atoms with E-state index in [1.807, 2.05) is 13.0 Å². The van der Waals surface area contributed by atoms with Gasteiger partial charge in [-0.3, -0.25) is 9.59 Å². The minimum atomic E-state index is -3.11. The first kappa shape index (κ1) is 27.3. The second kappa shape index (κ2) is 10.7. The Hall–Kier alpha value is -4.25. The Morgan fingerprint density at radius 2 is 1.82 bits per heavy atom. The maximum absolute atomic E-state index is 15.1. The largest absolute Gasteiger partial charge is 0.423 e. The van der Waals surface area contributed by atoms with E-state index >= 15 is 4.39 Å². The van der Waals surface area contributed by atoms with Crippen LogP contribution in [0.3, 0.4) is 0 Å². The lowest BCUT2D eigenvalue weighted by molar-refractivity contribution is -0.130. The molecule has 40 heavy (non-hydrogen) atoms. The second-order valence-corrected chi connectivity index (χ2v) is 12.3. The molecule has 5 rings (SSSR count). The Labute approximate surface area is 231 Å². The van der Waals surface area contributed by atoms with Gasteiger partial charge < -0.3 is 19.5 Å². The van der Waals surface area contributed by atoms with Crippen LogP contribution in [-0.2, 0) is 21.1 Å². The molecular weight excluding hydrogens is 535 g/mol. The quantitative estimate of drug-likeness (QED) is 0.374. The molecule has 3 aromatic carbocycles. The van der Waals surface area contributed by atoms with Gasteiger partial charge in [-0.25, -0.2) is 12.8 Å². The maximum Gasteiger partial charge on any atom is 0.300 e. The molecule has 1 saturated heterocycles. The first-order valence-corrected chi connectivity index (χ1v) is 14.6. The zero-order chi connectivity index (χ0) is 28.6. The molecule has 0 unspecified atom stereocenters. The van der Waals surface area contributed by atoms with Gasteiger partial charge in [-0.1, -0.05) is 24.3 Å². The Morgan fingerprint density at radius 3 is 2.50 bits per heavy atom. The number of anilines is 2. The normalized spacial score (nSPS) is 14.8. The first-order valence-electron chi connectivity index (χ1n) is 12.8. The molecule has 1 N–H and O–H groups in total. The van der Waals surface area contributed by atoms with Crippen LogP contribution in [0.1, 0.15) is 21.5 Å². The average Bonchev–Trinajstić information content (AvgIpc) is 3.32. The molecule has 0 spiro atoms. The van der Waals surface area contributed by atoms with Crippen LogP contribution >= 0.6 is 0 Å². The lowest BCUT2D eigenvalue weighted by atomic mass is 10.0. The van der Waals surface area contributed by atoms with Crippen LogP contribution in [0, 0.1) is 12.7 Å². The van der Waals surface area contributed by atoms with Gasteiger partial charge in [0.1, 0.15) is 11.3 Å². The van der Waals surface area contributed by atoms with Crippen molar-refractivity contribution in [3.05, 3.63) is 77.1 Å². The molecule has 0 bridgehead atoms. The van der Waals surface area contributed by atoms with E-state index in [2.05, 4.69) is 10.3 Å². The van der Waals surface area contributed by atoms with Crippen molar-refractivity contribution in [3.8, 4) is 11.1 Å². The van der Waals surface area contributed by atoms with E-state index in [0.29, 0.717) is 33.5 Å². The van der Waals surface area contributed by atoms with Crippen molar-refractivity contribution in [2.24, 2.45) is 0 Å². The molecule has 1 aromatic heterocycles. The number of hydrogen-bond donors (Lipinski definition) is 1. The fourth-order valence-electron chi connectivity index (χ4n) is 4.67. The van der Waals surface area contributed by atoms with Crippen LogP contribution in [0.2, 0.25) is 0 Å². The molecule has 2 amide bonds. The molecule has 11 heteroatoms. The molecule has 0 radical (unpaired) electrons. The van der Waals surface area contributed by atoms with Crippen molar-refractivity contribution in [1.29, 1.82) is 0 Å². The molecule has 208 valence electrons. The lowest BCUT2D eigenvalue weighted by Crippen LogP contribution is -2.44. The summed E-state index contributed by atoms with van der Waals surface area (Å²) in [4.78, 5) is 32.5. The van der Waals surface area contributed by atoms with Crippen molar-refractivity contribution < 1.29 is 26.8 Å². The summed E-state index contributed by atoms with van der Waals surface area (Å²) in [6.07, 6.45) is -0.148. The molecule has 1 aliphatic heterocycles. The Kier molecular flexibility index (Phi) is 7.33. The highest BCUT2D eigenvalue weighted by molar-refractivity contribution is 7.91. The van der Waals surface area contributed by atoms with E-state index in [0.717, 1.165) is 5.56 Å². The summed E-state index contributed by atoms with van der Waals surface area (Å²) >= 11 is 0. The number of oxazole rings is 1. The van der Waals surface area contributed by atoms with E-state index in [1.54, 1.807) is 56.6 Å². The second-order valence-electron chi connectivity index (χ2n) is 10.0. The third kappa shape index (κ3) is 5.69. The van der Waals surface area contributed by atoms with Gasteiger partial charge in [0.25, 0.3) is 11.9 Å². The summed E-state index contributed by atoms with van der Waals surface area (Å²) in [5.41, 5.74) is 4.60. The number of aryl methyl sites for hydroxylation is 1. The molecule has 0 atom stereocenters. The number of rotatable bonds is 6. The highest BCUT2D eigenvalue weighted by Gasteiger charge is 2.25. The van der Waals surface area contributed by atoms with E-state index in [1.165, 1.54) is 15.9 Å². The third-order valence-electron chi connectivity index (χ3n) is 6.93. The van der Waals surface area contributed by atoms with Crippen molar-refractivity contribution in [2.45, 2.75) is 13.3 Å². The molecule has 2 heterocycles. The zero-order valence-corrected chi connectivity index (χ0v) is 23.2. The summed E-state index contributed by atoms with van der Waals surface area (Å²) in [7, 11) is 0.295. The summed E-state index contributed by atoms with van der Waals surface area (Å²) in [6, 6.07) is 15.7. The maximum atomic E-state index is 15.1. The number of sulfone groups is 1. The number of hydrogen-bond acceptors (Lipinski definition) is 7. The van der Waals surface area contributed by atoms with Gasteiger partial charge in [-0.15, -0.1) is 0 Å². The number of amides is 2. The van der Waals surface area contributed by atoms with Crippen molar-refractivity contribution in [3.63, 3.8) is 0 Å². The van der Waals surface area contributed by atoms with Crippen LogP contribution in [0.4, 0.5) is 16.1 Å². The van der Waals surface area contributed by atoms with Gasteiger partial charge in [-0.05, 0) is 53.9 Å². The molecular formula is C29H29FN4O5S. The SMILES string of the molecule is Cc1cc(Nc2nc3cccc(-c4ccc(CC(=O)N5CCS(=O)(=O)CC5)c(F)c4)c3o2)ccc1C(=O)N(C)C. The zero-order valence-electron chi connectivity index (χ0n) is 22.4.